The first kappa shape index (κ1) is 8.25. The van der Waals surface area contributed by atoms with Gasteiger partial charge in [0.1, 0.15) is 0 Å². The van der Waals surface area contributed by atoms with Gasteiger partial charge in [-0.05, 0) is 50.0 Å². The summed E-state index contributed by atoms with van der Waals surface area (Å²) < 4.78 is 0. The molecule has 0 radical (unpaired) electrons. The molecule has 0 spiro atoms. The van der Waals surface area contributed by atoms with E-state index in [1.165, 1.54) is 38.8 Å². The molecule has 3 aliphatic rings. The van der Waals surface area contributed by atoms with Crippen LogP contribution in [0.3, 0.4) is 0 Å². The summed E-state index contributed by atoms with van der Waals surface area (Å²) >= 11 is 0. The highest BCUT2D eigenvalue weighted by Crippen LogP contribution is 2.46. The zero-order chi connectivity index (χ0) is 8.84. The summed E-state index contributed by atoms with van der Waals surface area (Å²) in [6, 6.07) is 0.738. The smallest absolute Gasteiger partial charge is 0.0246 e. The Balaban J connectivity index is 1.61. The van der Waals surface area contributed by atoms with E-state index < -0.39 is 0 Å². The zero-order valence-electron chi connectivity index (χ0n) is 8.28. The quantitative estimate of drug-likeness (QED) is 0.704. The van der Waals surface area contributed by atoms with Crippen LogP contribution in [0.15, 0.2) is 0 Å². The van der Waals surface area contributed by atoms with Crippen molar-refractivity contribution < 1.29 is 0 Å². The molecule has 3 fully saturated rings. The number of hydrogen-bond acceptors (Lipinski definition) is 2. The van der Waals surface area contributed by atoms with E-state index in [1.807, 2.05) is 0 Å². The van der Waals surface area contributed by atoms with Gasteiger partial charge < -0.3 is 5.73 Å². The summed E-state index contributed by atoms with van der Waals surface area (Å²) in [6.45, 7) is 3.59. The molecule has 3 rings (SSSR count). The maximum Gasteiger partial charge on any atom is 0.0246 e. The van der Waals surface area contributed by atoms with Crippen LogP contribution < -0.4 is 5.73 Å². The molecular weight excluding hydrogens is 160 g/mol. The van der Waals surface area contributed by atoms with Crippen molar-refractivity contribution in [3.05, 3.63) is 0 Å². The molecule has 0 amide bonds. The number of hydrogen-bond donors (Lipinski definition) is 1. The predicted octanol–water partition coefficient (Wildman–Crippen LogP) is 1.07. The maximum atomic E-state index is 5.86. The van der Waals surface area contributed by atoms with Crippen molar-refractivity contribution in [3.8, 4) is 0 Å². The van der Waals surface area contributed by atoms with Gasteiger partial charge in [-0.1, -0.05) is 0 Å². The maximum absolute atomic E-state index is 5.86. The summed E-state index contributed by atoms with van der Waals surface area (Å²) in [5.74, 6) is 3.12. The van der Waals surface area contributed by atoms with E-state index in [4.69, 9.17) is 5.73 Å². The van der Waals surface area contributed by atoms with Crippen LogP contribution in [0.25, 0.3) is 0 Å². The van der Waals surface area contributed by atoms with E-state index in [0.29, 0.717) is 0 Å². The molecule has 0 aromatic heterocycles. The summed E-state index contributed by atoms with van der Waals surface area (Å²) in [5.41, 5.74) is 5.86. The van der Waals surface area contributed by atoms with Crippen LogP contribution in [-0.2, 0) is 0 Å². The van der Waals surface area contributed by atoms with E-state index in [-0.39, 0.29) is 0 Å². The van der Waals surface area contributed by atoms with Crippen LogP contribution in [0, 0.1) is 17.8 Å². The van der Waals surface area contributed by atoms with Gasteiger partial charge in [-0.25, -0.2) is 0 Å². The first-order valence-electron chi connectivity index (χ1n) is 5.82. The van der Waals surface area contributed by atoms with Crippen LogP contribution in [0.5, 0.6) is 0 Å². The van der Waals surface area contributed by atoms with E-state index in [9.17, 15) is 0 Å². The lowest BCUT2D eigenvalue weighted by molar-refractivity contribution is 0.144. The van der Waals surface area contributed by atoms with Crippen LogP contribution in [0.2, 0.25) is 0 Å². The van der Waals surface area contributed by atoms with Gasteiger partial charge in [0.15, 0.2) is 0 Å². The number of nitrogens with two attached hydrogens (primary N) is 1. The summed E-state index contributed by atoms with van der Waals surface area (Å²) in [4.78, 5) is 2.69. The van der Waals surface area contributed by atoms with Crippen molar-refractivity contribution in [3.63, 3.8) is 0 Å². The molecule has 74 valence electrons. The third kappa shape index (κ3) is 1.50. The van der Waals surface area contributed by atoms with Crippen molar-refractivity contribution in [2.45, 2.75) is 31.7 Å². The second-order valence-corrected chi connectivity index (χ2v) is 5.18. The highest BCUT2D eigenvalue weighted by molar-refractivity contribution is 4.98. The van der Waals surface area contributed by atoms with Gasteiger partial charge >= 0.3 is 0 Å². The molecule has 2 saturated carbocycles. The minimum atomic E-state index is 0.738. The topological polar surface area (TPSA) is 29.3 Å². The molecule has 2 nitrogen and oxygen atoms in total. The lowest BCUT2D eigenvalue weighted by Crippen LogP contribution is -2.45. The van der Waals surface area contributed by atoms with Crippen molar-refractivity contribution >= 4 is 0 Å². The van der Waals surface area contributed by atoms with E-state index in [1.54, 1.807) is 0 Å². The van der Waals surface area contributed by atoms with Crippen LogP contribution >= 0.6 is 0 Å². The van der Waals surface area contributed by atoms with E-state index in [0.717, 1.165) is 30.3 Å². The molecule has 1 saturated heterocycles. The molecule has 13 heavy (non-hydrogen) atoms. The average Bonchev–Trinajstić information content (AvgIpc) is 2.99. The van der Waals surface area contributed by atoms with Crippen molar-refractivity contribution in [2.75, 3.05) is 19.6 Å². The third-order valence-corrected chi connectivity index (χ3v) is 4.20. The Morgan fingerprint density at radius 3 is 2.69 bits per heavy atom. The first-order chi connectivity index (χ1) is 6.38. The largest absolute Gasteiger partial charge is 0.329 e. The fourth-order valence-corrected chi connectivity index (χ4v) is 3.03. The second-order valence-electron chi connectivity index (χ2n) is 5.18. The molecule has 0 aromatic rings. The molecular formula is C11H20N2. The monoisotopic (exact) mass is 180 g/mol. The fraction of sp³-hybridized carbons (Fsp3) is 1.00. The van der Waals surface area contributed by atoms with Crippen LogP contribution in [0.4, 0.5) is 0 Å². The number of nitrogens with zero attached hydrogens (tertiary/aromatic N) is 1. The van der Waals surface area contributed by atoms with Crippen molar-refractivity contribution in [1.82, 2.24) is 4.90 Å². The number of fused-ring (bicyclic) bond motifs is 1. The minimum absolute atomic E-state index is 0.738. The number of rotatable bonds is 3. The predicted molar refractivity (Wildman–Crippen MR) is 53.4 cm³/mol. The SMILES string of the molecule is NCC(C1CC1)N1CCC2CC2C1. The average molecular weight is 180 g/mol. The van der Waals surface area contributed by atoms with E-state index >= 15 is 0 Å². The number of piperidine rings is 1. The fourth-order valence-electron chi connectivity index (χ4n) is 3.03. The van der Waals surface area contributed by atoms with Gasteiger partial charge in [-0.2, -0.15) is 0 Å². The van der Waals surface area contributed by atoms with E-state index in [2.05, 4.69) is 4.90 Å². The van der Waals surface area contributed by atoms with Crippen molar-refractivity contribution in [2.24, 2.45) is 23.5 Å². The molecule has 2 N–H and O–H groups in total. The molecule has 0 aromatic carbocycles. The Morgan fingerprint density at radius 1 is 1.23 bits per heavy atom. The van der Waals surface area contributed by atoms with Crippen LogP contribution in [0.1, 0.15) is 25.7 Å². The van der Waals surface area contributed by atoms with Gasteiger partial charge in [0.05, 0.1) is 0 Å². The Hall–Kier alpha value is -0.0800. The zero-order valence-corrected chi connectivity index (χ0v) is 8.28. The standard InChI is InChI=1S/C11H20N2/c12-6-11(8-1-2-8)13-4-3-9-5-10(9)7-13/h8-11H,1-7,12H2. The van der Waals surface area contributed by atoms with Gasteiger partial charge in [-0.15, -0.1) is 0 Å². The van der Waals surface area contributed by atoms with Gasteiger partial charge in [0, 0.05) is 19.1 Å². The lowest BCUT2D eigenvalue weighted by Gasteiger charge is -2.33. The van der Waals surface area contributed by atoms with Crippen molar-refractivity contribution in [1.29, 1.82) is 0 Å². The molecule has 2 aliphatic carbocycles. The van der Waals surface area contributed by atoms with Gasteiger partial charge in [0.25, 0.3) is 0 Å². The molecule has 1 heterocycles. The Labute approximate surface area is 80.5 Å². The Kier molecular flexibility index (Phi) is 1.88. The molecule has 2 heteroatoms. The Morgan fingerprint density at radius 2 is 2.08 bits per heavy atom. The molecule has 3 unspecified atom stereocenters. The Bertz CT molecular complexity index is 200. The van der Waals surface area contributed by atoms with Gasteiger partial charge in [0.2, 0.25) is 0 Å². The normalized spacial score (nSPS) is 41.3. The molecule has 0 bridgehead atoms. The first-order valence-corrected chi connectivity index (χ1v) is 5.82. The molecule has 1 aliphatic heterocycles. The highest BCUT2D eigenvalue weighted by Gasteiger charge is 2.45. The van der Waals surface area contributed by atoms with Gasteiger partial charge in [-0.3, -0.25) is 4.90 Å². The van der Waals surface area contributed by atoms with Crippen LogP contribution in [-0.4, -0.2) is 30.6 Å². The third-order valence-electron chi connectivity index (χ3n) is 4.20. The second kappa shape index (κ2) is 2.96. The number of likely N-dealkylation sites (tertiary alicyclic amines) is 1. The highest BCUT2D eigenvalue weighted by atomic mass is 15.2. The minimum Gasteiger partial charge on any atom is -0.329 e. The summed E-state index contributed by atoms with van der Waals surface area (Å²) in [6.07, 6.45) is 5.84. The summed E-state index contributed by atoms with van der Waals surface area (Å²) in [7, 11) is 0. The summed E-state index contributed by atoms with van der Waals surface area (Å²) in [5, 5.41) is 0. The molecule has 3 atom stereocenters. The lowest BCUT2D eigenvalue weighted by atomic mass is 10.1.